The lowest BCUT2D eigenvalue weighted by atomic mass is 9.70. The van der Waals surface area contributed by atoms with Gasteiger partial charge in [-0.2, -0.15) is 0 Å². The van der Waals surface area contributed by atoms with Crippen LogP contribution in [0.25, 0.3) is 0 Å². The highest BCUT2D eigenvalue weighted by Gasteiger charge is 2.38. The molecule has 0 radical (unpaired) electrons. The predicted octanol–water partition coefficient (Wildman–Crippen LogP) is 5.55. The summed E-state index contributed by atoms with van der Waals surface area (Å²) in [6, 6.07) is 12.4. The highest BCUT2D eigenvalue weighted by Crippen LogP contribution is 2.43. The largest absolute Gasteiger partial charge is 0.491 e. The summed E-state index contributed by atoms with van der Waals surface area (Å²) in [5, 5.41) is 22.1. The molecule has 2 heterocycles. The lowest BCUT2D eigenvalue weighted by Gasteiger charge is -2.42. The van der Waals surface area contributed by atoms with E-state index in [4.69, 9.17) is 16.3 Å². The zero-order valence-electron chi connectivity index (χ0n) is 23.8. The molecular formula is C33H43ClN2O4. The number of carbonyl (C=O) groups is 1. The van der Waals surface area contributed by atoms with Crippen molar-refractivity contribution in [2.45, 2.75) is 63.4 Å². The Balaban J connectivity index is 1.53. The number of benzene rings is 2. The van der Waals surface area contributed by atoms with E-state index < -0.39 is 6.10 Å². The number of fused-ring (bicyclic) bond motifs is 2. The molecule has 7 heteroatoms. The molecule has 0 spiro atoms. The van der Waals surface area contributed by atoms with Crippen molar-refractivity contribution in [2.75, 3.05) is 44.8 Å². The summed E-state index contributed by atoms with van der Waals surface area (Å²) in [6.45, 7) is 4.86. The number of hydrogen-bond donors (Lipinski definition) is 2. The number of aliphatic hydroxyl groups is 2. The van der Waals surface area contributed by atoms with Crippen molar-refractivity contribution in [3.05, 3.63) is 70.3 Å². The van der Waals surface area contributed by atoms with Crippen LogP contribution in [0.4, 0.5) is 5.69 Å². The minimum Gasteiger partial charge on any atom is -0.491 e. The Bertz CT molecular complexity index is 1220. The fourth-order valence-corrected chi connectivity index (χ4v) is 6.76. The smallest absolute Gasteiger partial charge is 0.223 e. The minimum absolute atomic E-state index is 0.00783. The van der Waals surface area contributed by atoms with Crippen molar-refractivity contribution in [3.63, 3.8) is 0 Å². The molecule has 5 rings (SSSR count). The second-order valence-electron chi connectivity index (χ2n) is 11.8. The summed E-state index contributed by atoms with van der Waals surface area (Å²) in [5.74, 6) is 1.31. The zero-order valence-corrected chi connectivity index (χ0v) is 24.5. The number of aliphatic hydroxyl groups excluding tert-OH is 2. The summed E-state index contributed by atoms with van der Waals surface area (Å²) >= 11 is 6.39. The molecule has 2 aliphatic heterocycles. The van der Waals surface area contributed by atoms with Crippen molar-refractivity contribution in [3.8, 4) is 5.75 Å². The molecule has 2 N–H and O–H groups in total. The summed E-state index contributed by atoms with van der Waals surface area (Å²) in [5.41, 5.74) is 4.51. The van der Waals surface area contributed by atoms with Gasteiger partial charge in [0.15, 0.2) is 0 Å². The van der Waals surface area contributed by atoms with Crippen LogP contribution in [-0.4, -0.2) is 67.0 Å². The van der Waals surface area contributed by atoms with Crippen LogP contribution in [0.2, 0.25) is 5.02 Å². The maximum absolute atomic E-state index is 13.0. The van der Waals surface area contributed by atoms with Crippen LogP contribution in [0.15, 0.2) is 48.6 Å². The Morgan fingerprint density at radius 1 is 1.12 bits per heavy atom. The molecule has 5 atom stereocenters. The van der Waals surface area contributed by atoms with E-state index in [0.29, 0.717) is 25.5 Å². The van der Waals surface area contributed by atoms with Gasteiger partial charge in [-0.1, -0.05) is 49.2 Å². The molecule has 1 aliphatic carbocycles. The summed E-state index contributed by atoms with van der Waals surface area (Å²) < 4.78 is 6.48. The SMILES string of the molecule is CCCc1cc(Cl)ccc1C1COc2ccc3cc2N(C1)CC1CCC1C(O)/C=C/CCN(C)C(=O)CC3CO. The van der Waals surface area contributed by atoms with Crippen molar-refractivity contribution in [2.24, 2.45) is 11.8 Å². The maximum Gasteiger partial charge on any atom is 0.223 e. The first-order valence-electron chi connectivity index (χ1n) is 14.9. The number of hydrogen-bond acceptors (Lipinski definition) is 5. The average Bonchev–Trinajstić information content (AvgIpc) is 3.10. The fraction of sp³-hybridized carbons (Fsp3) is 0.545. The van der Waals surface area contributed by atoms with Crippen molar-refractivity contribution < 1.29 is 19.7 Å². The van der Waals surface area contributed by atoms with Gasteiger partial charge in [-0.05, 0) is 78.5 Å². The number of rotatable bonds is 4. The van der Waals surface area contributed by atoms with Gasteiger partial charge in [0.2, 0.25) is 5.91 Å². The summed E-state index contributed by atoms with van der Waals surface area (Å²) in [4.78, 5) is 17.2. The monoisotopic (exact) mass is 566 g/mol. The van der Waals surface area contributed by atoms with Crippen molar-refractivity contribution in [1.29, 1.82) is 0 Å². The molecule has 40 heavy (non-hydrogen) atoms. The minimum atomic E-state index is -0.483. The lowest BCUT2D eigenvalue weighted by molar-refractivity contribution is -0.130. The standard InChI is InChI=1S/C33H43ClN2O4/c1-3-6-23-15-27(34)10-12-28(23)26-19-36-18-24-8-11-29(24)31(38)7-4-5-14-35(2)33(39)17-25(20-37)22-9-13-32(40-21-26)30(36)16-22/h4,7,9-10,12-13,15-16,24-26,29,31,37-38H,3,5-6,8,11,14,17-21H2,1-2H3/b7-4+. The second-order valence-corrected chi connectivity index (χ2v) is 12.3. The van der Waals surface area contributed by atoms with Gasteiger partial charge in [0.05, 0.1) is 25.0 Å². The highest BCUT2D eigenvalue weighted by atomic mass is 35.5. The van der Waals surface area contributed by atoms with Crippen LogP contribution in [0.3, 0.4) is 0 Å². The molecule has 6 nitrogen and oxygen atoms in total. The van der Waals surface area contributed by atoms with Gasteiger partial charge in [0.1, 0.15) is 5.75 Å². The van der Waals surface area contributed by atoms with Crippen LogP contribution in [-0.2, 0) is 11.2 Å². The van der Waals surface area contributed by atoms with E-state index in [1.165, 1.54) is 11.1 Å². The highest BCUT2D eigenvalue weighted by molar-refractivity contribution is 6.30. The molecule has 1 saturated carbocycles. The number of aryl methyl sites for hydroxylation is 1. The number of nitrogens with zero attached hydrogens (tertiary/aromatic N) is 2. The third-order valence-electron chi connectivity index (χ3n) is 9.14. The van der Waals surface area contributed by atoms with Gasteiger partial charge in [0.25, 0.3) is 0 Å². The fourth-order valence-electron chi connectivity index (χ4n) is 6.56. The molecule has 0 aromatic heterocycles. The Hall–Kier alpha value is -2.54. The van der Waals surface area contributed by atoms with Crippen LogP contribution in [0.1, 0.15) is 67.6 Å². The average molecular weight is 567 g/mol. The Morgan fingerprint density at radius 2 is 1.98 bits per heavy atom. The van der Waals surface area contributed by atoms with Crippen molar-refractivity contribution >= 4 is 23.2 Å². The summed E-state index contributed by atoms with van der Waals surface area (Å²) in [6.07, 6.45) is 8.50. The topological polar surface area (TPSA) is 73.2 Å². The van der Waals surface area contributed by atoms with Gasteiger partial charge in [-0.15, -0.1) is 0 Å². The molecule has 5 unspecified atom stereocenters. The summed E-state index contributed by atoms with van der Waals surface area (Å²) in [7, 11) is 1.81. The number of amides is 1. The van der Waals surface area contributed by atoms with Crippen molar-refractivity contribution in [1.82, 2.24) is 4.90 Å². The number of halogens is 1. The molecule has 2 bridgehead atoms. The quantitative estimate of drug-likeness (QED) is 0.475. The van der Waals surface area contributed by atoms with Gasteiger partial charge in [-0.25, -0.2) is 0 Å². The normalized spacial score (nSPS) is 28.2. The van der Waals surface area contributed by atoms with Gasteiger partial charge < -0.3 is 24.7 Å². The predicted molar refractivity (Wildman–Crippen MR) is 160 cm³/mol. The second kappa shape index (κ2) is 13.0. The Kier molecular flexibility index (Phi) is 9.39. The Labute approximate surface area is 243 Å². The van der Waals surface area contributed by atoms with E-state index in [2.05, 4.69) is 30.0 Å². The first kappa shape index (κ1) is 29.0. The number of ether oxygens (including phenoxy) is 1. The lowest BCUT2D eigenvalue weighted by Crippen LogP contribution is -2.44. The van der Waals surface area contributed by atoms with Gasteiger partial charge >= 0.3 is 0 Å². The van der Waals surface area contributed by atoms with Gasteiger partial charge in [-0.3, -0.25) is 4.79 Å². The van der Waals surface area contributed by atoms with E-state index in [-0.39, 0.29) is 36.7 Å². The molecule has 1 fully saturated rings. The first-order chi connectivity index (χ1) is 19.4. The Morgan fingerprint density at radius 3 is 2.73 bits per heavy atom. The van der Waals surface area contributed by atoms with E-state index in [1.807, 2.05) is 37.4 Å². The molecule has 2 aromatic rings. The van der Waals surface area contributed by atoms with Gasteiger partial charge in [0, 0.05) is 50.0 Å². The number of anilines is 1. The third kappa shape index (κ3) is 6.35. The number of carbonyl (C=O) groups excluding carboxylic acids is 1. The van der Waals surface area contributed by atoms with Crippen LogP contribution in [0.5, 0.6) is 5.75 Å². The maximum atomic E-state index is 13.0. The molecule has 0 saturated heterocycles. The van der Waals surface area contributed by atoms with E-state index >= 15 is 0 Å². The first-order valence-corrected chi connectivity index (χ1v) is 15.2. The molecule has 216 valence electrons. The molecule has 2 aromatic carbocycles. The van der Waals surface area contributed by atoms with Crippen LogP contribution < -0.4 is 9.64 Å². The van der Waals surface area contributed by atoms with Crippen LogP contribution in [0, 0.1) is 11.8 Å². The zero-order chi connectivity index (χ0) is 28.2. The van der Waals surface area contributed by atoms with E-state index in [1.54, 1.807) is 4.90 Å². The van der Waals surface area contributed by atoms with E-state index in [9.17, 15) is 15.0 Å². The third-order valence-corrected chi connectivity index (χ3v) is 9.38. The van der Waals surface area contributed by atoms with Crippen LogP contribution >= 0.6 is 11.6 Å². The molecular weight excluding hydrogens is 524 g/mol. The van der Waals surface area contributed by atoms with E-state index in [0.717, 1.165) is 60.8 Å². The molecule has 3 aliphatic rings. The molecule has 1 amide bonds.